The van der Waals surface area contributed by atoms with Crippen LogP contribution in [0.5, 0.6) is 11.6 Å². The number of nitrogen functional groups attached to an aromatic ring is 1. The largest absolute Gasteiger partial charge is 0.445 e. The van der Waals surface area contributed by atoms with Gasteiger partial charge < -0.3 is 25.4 Å². The summed E-state index contributed by atoms with van der Waals surface area (Å²) in [5.74, 6) is 1.09. The number of aromatic nitrogens is 3. The van der Waals surface area contributed by atoms with Gasteiger partial charge in [-0.15, -0.1) is 0 Å². The second-order valence-corrected chi connectivity index (χ2v) is 11.1. The van der Waals surface area contributed by atoms with E-state index in [0.29, 0.717) is 52.7 Å². The van der Waals surface area contributed by atoms with E-state index in [2.05, 4.69) is 22.2 Å². The fraction of sp³-hybridized carbons (Fsp3) is 0.235. The second kappa shape index (κ2) is 12.5. The van der Waals surface area contributed by atoms with Gasteiger partial charge in [-0.3, -0.25) is 0 Å². The quantitative estimate of drug-likeness (QED) is 0.195. The van der Waals surface area contributed by atoms with Gasteiger partial charge >= 0.3 is 6.09 Å². The molecule has 2 atom stereocenters. The Kier molecular flexibility index (Phi) is 8.23. The summed E-state index contributed by atoms with van der Waals surface area (Å²) in [4.78, 5) is 28.3. The molecule has 1 amide bonds. The molecule has 0 saturated carbocycles. The molecule has 1 aliphatic heterocycles. The highest BCUT2D eigenvalue weighted by Gasteiger charge is 2.29. The zero-order valence-corrected chi connectivity index (χ0v) is 24.5. The number of rotatable bonds is 7. The molecule has 3 aromatic carbocycles. The molecule has 1 saturated heterocycles. The van der Waals surface area contributed by atoms with Crippen LogP contribution in [0.1, 0.15) is 24.5 Å². The SMILES string of the molecule is Cc1ccc2c(N)c(F)ccc2c1Oc1ncccc1-c1ccnc(N[C@H]2C[C@H](C)CN(C(=O)OCc3ccccc3)C2)n1. The minimum atomic E-state index is -0.480. The first kappa shape index (κ1) is 28.9. The van der Waals surface area contributed by atoms with Crippen molar-refractivity contribution in [2.45, 2.75) is 32.9 Å². The third-order valence-corrected chi connectivity index (χ3v) is 7.69. The molecule has 44 heavy (non-hydrogen) atoms. The van der Waals surface area contributed by atoms with Crippen molar-refractivity contribution in [3.63, 3.8) is 0 Å². The summed E-state index contributed by atoms with van der Waals surface area (Å²) in [7, 11) is 0. The standard InChI is InChI=1S/C34H33FN6O3/c1-21-17-24(19-41(18-21)34(42)43-20-23-7-4-3-5-8-23)39-33-38-16-14-29(40-33)27-9-6-15-37-32(27)44-31-22(2)10-11-25-26(31)12-13-28(35)30(25)36/h3-16,21,24H,17-20,36H2,1-2H3,(H,38,39,40)/t21-,24-/m0/s1. The van der Waals surface area contributed by atoms with Crippen LogP contribution in [0.2, 0.25) is 0 Å². The van der Waals surface area contributed by atoms with E-state index in [1.54, 1.807) is 35.5 Å². The van der Waals surface area contributed by atoms with Gasteiger partial charge in [0.05, 0.1) is 16.9 Å². The van der Waals surface area contributed by atoms with Crippen molar-refractivity contribution in [3.05, 3.63) is 102 Å². The van der Waals surface area contributed by atoms with Crippen LogP contribution in [0.15, 0.2) is 85.2 Å². The van der Waals surface area contributed by atoms with E-state index in [1.807, 2.05) is 55.5 Å². The highest BCUT2D eigenvalue weighted by Crippen LogP contribution is 2.38. The van der Waals surface area contributed by atoms with Crippen molar-refractivity contribution in [2.24, 2.45) is 5.92 Å². The number of nitrogens with one attached hydrogen (secondary N) is 1. The number of fused-ring (bicyclic) bond motifs is 1. The third kappa shape index (κ3) is 6.24. The first-order chi connectivity index (χ1) is 21.4. The van der Waals surface area contributed by atoms with Crippen LogP contribution in [-0.2, 0) is 11.3 Å². The maximum atomic E-state index is 14.2. The summed E-state index contributed by atoms with van der Waals surface area (Å²) >= 11 is 0. The van der Waals surface area contributed by atoms with Crippen LogP contribution < -0.4 is 15.8 Å². The molecule has 6 rings (SSSR count). The molecule has 0 radical (unpaired) electrons. The number of ether oxygens (including phenoxy) is 2. The van der Waals surface area contributed by atoms with Crippen molar-refractivity contribution in [2.75, 3.05) is 24.1 Å². The first-order valence-electron chi connectivity index (χ1n) is 14.5. The van der Waals surface area contributed by atoms with E-state index in [4.69, 9.17) is 20.2 Å². The number of amides is 1. The normalized spacial score (nSPS) is 16.5. The summed E-state index contributed by atoms with van der Waals surface area (Å²) in [6.07, 6.45) is 3.82. The van der Waals surface area contributed by atoms with E-state index in [9.17, 15) is 9.18 Å². The predicted octanol–water partition coefficient (Wildman–Crippen LogP) is 6.97. The monoisotopic (exact) mass is 592 g/mol. The van der Waals surface area contributed by atoms with Gasteiger partial charge in [-0.05, 0) is 60.7 Å². The number of pyridine rings is 1. The van der Waals surface area contributed by atoms with Crippen LogP contribution in [0.25, 0.3) is 22.0 Å². The van der Waals surface area contributed by atoms with E-state index < -0.39 is 5.82 Å². The van der Waals surface area contributed by atoms with Crippen molar-refractivity contribution in [3.8, 4) is 22.9 Å². The number of hydrogen-bond donors (Lipinski definition) is 2. The smallest absolute Gasteiger partial charge is 0.410 e. The minimum Gasteiger partial charge on any atom is -0.445 e. The van der Waals surface area contributed by atoms with Gasteiger partial charge in [0, 0.05) is 42.3 Å². The van der Waals surface area contributed by atoms with Gasteiger partial charge in [0.2, 0.25) is 11.8 Å². The van der Waals surface area contributed by atoms with Crippen LogP contribution in [0.4, 0.5) is 20.8 Å². The van der Waals surface area contributed by atoms with Gasteiger partial charge in [-0.1, -0.05) is 49.4 Å². The number of hydrogen-bond acceptors (Lipinski definition) is 8. The number of nitrogens with zero attached hydrogens (tertiary/aromatic N) is 4. The van der Waals surface area contributed by atoms with Crippen molar-refractivity contribution in [1.82, 2.24) is 19.9 Å². The van der Waals surface area contributed by atoms with E-state index in [0.717, 1.165) is 17.5 Å². The molecule has 5 aromatic rings. The molecule has 224 valence electrons. The third-order valence-electron chi connectivity index (χ3n) is 7.69. The Morgan fingerprint density at radius 1 is 1.00 bits per heavy atom. The number of halogens is 1. The Morgan fingerprint density at radius 2 is 1.82 bits per heavy atom. The van der Waals surface area contributed by atoms with Crippen molar-refractivity contribution in [1.29, 1.82) is 0 Å². The molecule has 1 aliphatic rings. The molecule has 10 heteroatoms. The van der Waals surface area contributed by atoms with E-state index in [1.165, 1.54) is 6.07 Å². The number of anilines is 2. The fourth-order valence-electron chi connectivity index (χ4n) is 5.56. The molecule has 2 aromatic heterocycles. The zero-order valence-electron chi connectivity index (χ0n) is 24.5. The topological polar surface area (TPSA) is 115 Å². The Labute approximate surface area is 254 Å². The molecule has 0 unspecified atom stereocenters. The van der Waals surface area contributed by atoms with Crippen LogP contribution >= 0.6 is 0 Å². The Morgan fingerprint density at radius 3 is 2.66 bits per heavy atom. The lowest BCUT2D eigenvalue weighted by molar-refractivity contribution is 0.0783. The fourth-order valence-corrected chi connectivity index (χ4v) is 5.56. The maximum absolute atomic E-state index is 14.2. The summed E-state index contributed by atoms with van der Waals surface area (Å²) in [6.45, 7) is 5.34. The second-order valence-electron chi connectivity index (χ2n) is 11.1. The van der Waals surface area contributed by atoms with Crippen molar-refractivity contribution < 1.29 is 18.7 Å². The molecule has 3 N–H and O–H groups in total. The van der Waals surface area contributed by atoms with E-state index in [-0.39, 0.29) is 30.3 Å². The predicted molar refractivity (Wildman–Crippen MR) is 168 cm³/mol. The summed E-state index contributed by atoms with van der Waals surface area (Å²) in [6, 6.07) is 21.7. The number of nitrogens with two attached hydrogens (primary N) is 1. The number of benzene rings is 3. The lowest BCUT2D eigenvalue weighted by atomic mass is 9.96. The van der Waals surface area contributed by atoms with Crippen LogP contribution in [0, 0.1) is 18.7 Å². The Bertz CT molecular complexity index is 1800. The maximum Gasteiger partial charge on any atom is 0.410 e. The number of aryl methyl sites for hydroxylation is 1. The number of piperidine rings is 1. The molecule has 9 nitrogen and oxygen atoms in total. The number of carbonyl (C=O) groups is 1. The molecular weight excluding hydrogens is 559 g/mol. The minimum absolute atomic E-state index is 0.0629. The first-order valence-corrected chi connectivity index (χ1v) is 14.5. The average molecular weight is 593 g/mol. The zero-order chi connectivity index (χ0) is 30.6. The number of likely N-dealkylation sites (tertiary alicyclic amines) is 1. The summed E-state index contributed by atoms with van der Waals surface area (Å²) < 4.78 is 26.1. The lowest BCUT2D eigenvalue weighted by Crippen LogP contribution is -2.48. The highest BCUT2D eigenvalue weighted by molar-refractivity contribution is 5.98. The highest BCUT2D eigenvalue weighted by atomic mass is 19.1. The Balaban J connectivity index is 1.20. The van der Waals surface area contributed by atoms with Gasteiger partial charge in [-0.25, -0.2) is 24.1 Å². The van der Waals surface area contributed by atoms with E-state index >= 15 is 0 Å². The molecule has 0 spiro atoms. The molecule has 1 fully saturated rings. The van der Waals surface area contributed by atoms with Crippen LogP contribution in [-0.4, -0.2) is 45.1 Å². The van der Waals surface area contributed by atoms with Gasteiger partial charge in [0.25, 0.3) is 0 Å². The Hall–Kier alpha value is -5.25. The lowest BCUT2D eigenvalue weighted by Gasteiger charge is -2.36. The van der Waals surface area contributed by atoms with Crippen LogP contribution in [0.3, 0.4) is 0 Å². The molecule has 3 heterocycles. The molecule has 0 bridgehead atoms. The summed E-state index contributed by atoms with van der Waals surface area (Å²) in [5.41, 5.74) is 9.15. The molecular formula is C34H33FN6O3. The average Bonchev–Trinajstić information content (AvgIpc) is 3.03. The molecule has 0 aliphatic carbocycles. The van der Waals surface area contributed by atoms with Gasteiger partial charge in [-0.2, -0.15) is 0 Å². The number of carbonyl (C=O) groups excluding carboxylic acids is 1. The van der Waals surface area contributed by atoms with Gasteiger partial charge in [0.15, 0.2) is 0 Å². The van der Waals surface area contributed by atoms with Gasteiger partial charge in [0.1, 0.15) is 18.2 Å². The summed E-state index contributed by atoms with van der Waals surface area (Å²) in [5, 5.41) is 4.66. The van der Waals surface area contributed by atoms with Crippen molar-refractivity contribution >= 4 is 28.5 Å².